The van der Waals surface area contributed by atoms with E-state index in [4.69, 9.17) is 5.11 Å². The second kappa shape index (κ2) is 3.92. The summed E-state index contributed by atoms with van der Waals surface area (Å²) in [6.45, 7) is 0. The minimum Gasteiger partial charge on any atom is -0.477 e. The number of thiophene rings is 1. The lowest BCUT2D eigenvalue weighted by Gasteiger charge is -2.02. The number of rotatable bonds is 2. The molecule has 0 unspecified atom stereocenters. The molecule has 0 saturated carbocycles. The Labute approximate surface area is 106 Å². The molecule has 0 saturated heterocycles. The number of benzene rings is 2. The van der Waals surface area contributed by atoms with Crippen LogP contribution in [-0.2, 0) is 0 Å². The minimum atomic E-state index is -0.937. The third kappa shape index (κ3) is 1.50. The Hall–Kier alpha value is -2.20. The van der Waals surface area contributed by atoms with Gasteiger partial charge in [-0.05, 0) is 22.9 Å². The third-order valence-electron chi connectivity index (χ3n) is 2.91. The molecular formula is C14H8O3S. The highest BCUT2D eigenvalue weighted by molar-refractivity contribution is 7.20. The van der Waals surface area contributed by atoms with Gasteiger partial charge in [0.1, 0.15) is 4.88 Å². The summed E-state index contributed by atoms with van der Waals surface area (Å²) >= 11 is 1.19. The summed E-state index contributed by atoms with van der Waals surface area (Å²) in [5.74, 6) is -0.937. The van der Waals surface area contributed by atoms with Crippen LogP contribution in [0.4, 0.5) is 0 Å². The lowest BCUT2D eigenvalue weighted by Crippen LogP contribution is -1.89. The van der Waals surface area contributed by atoms with Crippen LogP contribution < -0.4 is 0 Å². The second-order valence-corrected chi connectivity index (χ2v) is 5.04. The lowest BCUT2D eigenvalue weighted by atomic mass is 10.0. The van der Waals surface area contributed by atoms with Crippen LogP contribution in [-0.4, -0.2) is 17.4 Å². The standard InChI is InChI=1S/C14H8O3S/c15-7-8-5-12-11(6-13(18-12)14(16)17)10-4-2-1-3-9(8)10/h1-7H,(H,16,17). The number of hydrogen-bond acceptors (Lipinski definition) is 3. The molecule has 3 nitrogen and oxygen atoms in total. The first-order chi connectivity index (χ1) is 8.70. The first-order valence-electron chi connectivity index (χ1n) is 5.34. The Morgan fingerprint density at radius 1 is 1.11 bits per heavy atom. The maximum atomic E-state index is 11.1. The first-order valence-corrected chi connectivity index (χ1v) is 6.16. The van der Waals surface area contributed by atoms with Crippen molar-refractivity contribution in [2.45, 2.75) is 0 Å². The highest BCUT2D eigenvalue weighted by Gasteiger charge is 2.12. The van der Waals surface area contributed by atoms with Crippen LogP contribution in [0.3, 0.4) is 0 Å². The molecule has 0 aliphatic rings. The number of carboxylic acids is 1. The summed E-state index contributed by atoms with van der Waals surface area (Å²) in [6.07, 6.45) is 0.807. The fraction of sp³-hybridized carbons (Fsp3) is 0. The van der Waals surface area contributed by atoms with E-state index in [1.807, 2.05) is 24.3 Å². The molecule has 0 aliphatic carbocycles. The van der Waals surface area contributed by atoms with Crippen molar-refractivity contribution >= 4 is 44.5 Å². The molecule has 88 valence electrons. The van der Waals surface area contributed by atoms with Crippen LogP contribution >= 0.6 is 11.3 Å². The van der Waals surface area contributed by atoms with Crippen molar-refractivity contribution in [1.82, 2.24) is 0 Å². The van der Waals surface area contributed by atoms with Crippen molar-refractivity contribution < 1.29 is 14.7 Å². The number of carbonyl (C=O) groups excluding carboxylic acids is 1. The van der Waals surface area contributed by atoms with E-state index in [1.165, 1.54) is 11.3 Å². The van der Waals surface area contributed by atoms with Crippen molar-refractivity contribution in [3.63, 3.8) is 0 Å². The fourth-order valence-corrected chi connectivity index (χ4v) is 3.08. The predicted octanol–water partition coefficient (Wildman–Crippen LogP) is 3.57. The molecule has 1 aromatic heterocycles. The smallest absolute Gasteiger partial charge is 0.345 e. The van der Waals surface area contributed by atoms with E-state index >= 15 is 0 Å². The molecule has 0 atom stereocenters. The molecule has 3 rings (SSSR count). The summed E-state index contributed by atoms with van der Waals surface area (Å²) in [5.41, 5.74) is 0.594. The van der Waals surface area contributed by atoms with E-state index < -0.39 is 5.97 Å². The highest BCUT2D eigenvalue weighted by Crippen LogP contribution is 2.33. The molecule has 0 bridgehead atoms. The van der Waals surface area contributed by atoms with Gasteiger partial charge in [-0.1, -0.05) is 24.3 Å². The lowest BCUT2D eigenvalue weighted by molar-refractivity contribution is 0.0702. The largest absolute Gasteiger partial charge is 0.477 e. The number of hydrogen-bond donors (Lipinski definition) is 1. The molecule has 0 amide bonds. The Morgan fingerprint density at radius 3 is 2.50 bits per heavy atom. The molecule has 4 heteroatoms. The fourth-order valence-electron chi connectivity index (χ4n) is 2.11. The molecule has 1 N–H and O–H groups in total. The van der Waals surface area contributed by atoms with Crippen molar-refractivity contribution in [2.24, 2.45) is 0 Å². The van der Waals surface area contributed by atoms with Crippen LogP contribution in [0.5, 0.6) is 0 Å². The third-order valence-corrected chi connectivity index (χ3v) is 3.98. The van der Waals surface area contributed by atoms with Crippen LogP contribution in [0, 0.1) is 0 Å². The molecule has 1 heterocycles. The van der Waals surface area contributed by atoms with Gasteiger partial charge in [0.2, 0.25) is 0 Å². The number of aldehydes is 1. The quantitative estimate of drug-likeness (QED) is 0.713. The summed E-state index contributed by atoms with van der Waals surface area (Å²) in [7, 11) is 0. The van der Waals surface area contributed by atoms with Crippen LogP contribution in [0.1, 0.15) is 20.0 Å². The van der Waals surface area contributed by atoms with Gasteiger partial charge in [0.15, 0.2) is 6.29 Å². The van der Waals surface area contributed by atoms with Gasteiger partial charge in [0.25, 0.3) is 0 Å². The van der Waals surface area contributed by atoms with Gasteiger partial charge >= 0.3 is 5.97 Å². The van der Waals surface area contributed by atoms with E-state index in [1.54, 1.807) is 12.1 Å². The number of carbonyl (C=O) groups is 2. The van der Waals surface area contributed by atoms with Crippen molar-refractivity contribution in [2.75, 3.05) is 0 Å². The van der Waals surface area contributed by atoms with Crippen LogP contribution in [0.2, 0.25) is 0 Å². The molecule has 0 spiro atoms. The minimum absolute atomic E-state index is 0.290. The van der Waals surface area contributed by atoms with Crippen molar-refractivity contribution in [3.05, 3.63) is 46.8 Å². The SMILES string of the molecule is O=Cc1cc2sc(C(=O)O)cc2c2ccccc12. The Kier molecular flexibility index (Phi) is 2.38. The van der Waals surface area contributed by atoms with Gasteiger partial charge in [-0.15, -0.1) is 11.3 Å². The molecule has 18 heavy (non-hydrogen) atoms. The van der Waals surface area contributed by atoms with E-state index in [9.17, 15) is 9.59 Å². The summed E-state index contributed by atoms with van der Waals surface area (Å²) in [4.78, 5) is 22.4. The number of aromatic carboxylic acids is 1. The predicted molar refractivity (Wildman–Crippen MR) is 71.7 cm³/mol. The Balaban J connectivity index is 2.51. The molecular weight excluding hydrogens is 248 g/mol. The zero-order valence-corrected chi connectivity index (χ0v) is 10.0. The molecule has 0 aliphatic heterocycles. The van der Waals surface area contributed by atoms with Crippen LogP contribution in [0.15, 0.2) is 36.4 Å². The van der Waals surface area contributed by atoms with Gasteiger partial charge < -0.3 is 5.11 Å². The highest BCUT2D eigenvalue weighted by atomic mass is 32.1. The normalized spacial score (nSPS) is 10.9. The summed E-state index contributed by atoms with van der Waals surface area (Å²) in [6, 6.07) is 10.9. The maximum absolute atomic E-state index is 11.1. The second-order valence-electron chi connectivity index (χ2n) is 3.96. The van der Waals surface area contributed by atoms with Gasteiger partial charge in [-0.25, -0.2) is 4.79 Å². The van der Waals surface area contributed by atoms with Gasteiger partial charge in [-0.3, -0.25) is 4.79 Å². The topological polar surface area (TPSA) is 54.4 Å². The number of carboxylic acid groups (broad SMARTS) is 1. The van der Waals surface area contributed by atoms with Crippen molar-refractivity contribution in [1.29, 1.82) is 0 Å². The Bertz CT molecular complexity index is 786. The van der Waals surface area contributed by atoms with E-state index in [2.05, 4.69) is 0 Å². The Morgan fingerprint density at radius 2 is 1.83 bits per heavy atom. The zero-order valence-electron chi connectivity index (χ0n) is 9.21. The average Bonchev–Trinajstić information content (AvgIpc) is 2.82. The molecule has 0 fully saturated rings. The molecule has 0 radical (unpaired) electrons. The summed E-state index contributed by atoms with van der Waals surface area (Å²) < 4.78 is 0.827. The van der Waals surface area contributed by atoms with Gasteiger partial charge in [0, 0.05) is 15.6 Å². The van der Waals surface area contributed by atoms with Gasteiger partial charge in [0.05, 0.1) is 0 Å². The monoisotopic (exact) mass is 256 g/mol. The van der Waals surface area contributed by atoms with E-state index in [0.29, 0.717) is 10.4 Å². The van der Waals surface area contributed by atoms with Gasteiger partial charge in [-0.2, -0.15) is 0 Å². The number of fused-ring (bicyclic) bond motifs is 3. The summed E-state index contributed by atoms with van der Waals surface area (Å²) in [5, 5.41) is 11.7. The average molecular weight is 256 g/mol. The van der Waals surface area contributed by atoms with Crippen LogP contribution in [0.25, 0.3) is 20.9 Å². The molecule has 2 aromatic carbocycles. The van der Waals surface area contributed by atoms with Crippen molar-refractivity contribution in [3.8, 4) is 0 Å². The molecule has 3 aromatic rings. The zero-order chi connectivity index (χ0) is 12.7. The maximum Gasteiger partial charge on any atom is 0.345 e. The van der Waals surface area contributed by atoms with E-state index in [-0.39, 0.29) is 0 Å². The van der Waals surface area contributed by atoms with E-state index in [0.717, 1.165) is 27.1 Å². The first kappa shape index (κ1) is 10.9.